The van der Waals surface area contributed by atoms with Crippen LogP contribution in [-0.2, 0) is 16.4 Å². The van der Waals surface area contributed by atoms with E-state index in [2.05, 4.69) is 27.6 Å². The molecule has 0 aliphatic carbocycles. The second-order valence-corrected chi connectivity index (χ2v) is 12.1. The van der Waals surface area contributed by atoms with Crippen molar-refractivity contribution in [3.8, 4) is 11.3 Å². The molecule has 0 bridgehead atoms. The van der Waals surface area contributed by atoms with E-state index in [4.69, 9.17) is 0 Å². The first-order chi connectivity index (χ1) is 18.9. The molecule has 0 saturated carbocycles. The van der Waals surface area contributed by atoms with Gasteiger partial charge >= 0.3 is 0 Å². The lowest BCUT2D eigenvalue weighted by Crippen LogP contribution is -2.38. The van der Waals surface area contributed by atoms with Gasteiger partial charge in [-0.15, -0.1) is 11.3 Å². The molecule has 1 aliphatic rings. The normalized spacial score (nSPS) is 15.0. The van der Waals surface area contributed by atoms with Crippen LogP contribution in [0.15, 0.2) is 94.2 Å². The highest BCUT2D eigenvalue weighted by Gasteiger charge is 2.29. The van der Waals surface area contributed by atoms with E-state index >= 15 is 0 Å². The number of piperidine rings is 1. The van der Waals surface area contributed by atoms with Gasteiger partial charge in [0.05, 0.1) is 21.7 Å². The van der Waals surface area contributed by atoms with Crippen LogP contribution in [0.3, 0.4) is 0 Å². The summed E-state index contributed by atoms with van der Waals surface area (Å²) in [4.78, 5) is 15.1. The van der Waals surface area contributed by atoms with Crippen molar-refractivity contribution in [3.05, 3.63) is 105 Å². The van der Waals surface area contributed by atoms with Crippen LogP contribution in [0, 0.1) is 16.0 Å². The Morgan fingerprint density at radius 3 is 2.38 bits per heavy atom. The Balaban J connectivity index is 1.17. The predicted octanol–water partition coefficient (Wildman–Crippen LogP) is 5.81. The minimum atomic E-state index is -3.55. The SMILES string of the molecule is O=[N+]([O-])c1ccc(/C=N/Nc2nc(-c3ccc(S(=O)(=O)N4CCC(Cc5ccccc5)CC4)cc3)cs2)cc1. The Morgan fingerprint density at radius 2 is 1.72 bits per heavy atom. The van der Waals surface area contributed by atoms with Crippen LogP contribution in [0.4, 0.5) is 10.8 Å². The third-order valence-electron chi connectivity index (χ3n) is 6.71. The average Bonchev–Trinajstić information content (AvgIpc) is 3.43. The first kappa shape index (κ1) is 26.7. The van der Waals surface area contributed by atoms with Crippen LogP contribution >= 0.6 is 11.3 Å². The van der Waals surface area contributed by atoms with Crippen molar-refractivity contribution in [2.45, 2.75) is 24.2 Å². The highest BCUT2D eigenvalue weighted by molar-refractivity contribution is 7.89. The Labute approximate surface area is 231 Å². The molecule has 0 unspecified atom stereocenters. The minimum Gasteiger partial charge on any atom is -0.258 e. The molecule has 3 aromatic carbocycles. The Hall–Kier alpha value is -3.93. The lowest BCUT2D eigenvalue weighted by atomic mass is 9.91. The molecule has 0 atom stereocenters. The molecule has 2 heterocycles. The van der Waals surface area contributed by atoms with Gasteiger partial charge in [-0.2, -0.15) is 9.41 Å². The summed E-state index contributed by atoms with van der Waals surface area (Å²) < 4.78 is 28.1. The quantitative estimate of drug-likeness (QED) is 0.157. The highest BCUT2D eigenvalue weighted by Crippen LogP contribution is 2.29. The fourth-order valence-electron chi connectivity index (χ4n) is 4.55. The maximum absolute atomic E-state index is 13.2. The molecule has 39 heavy (non-hydrogen) atoms. The molecule has 1 N–H and O–H groups in total. The predicted molar refractivity (Wildman–Crippen MR) is 153 cm³/mol. The summed E-state index contributed by atoms with van der Waals surface area (Å²) in [5, 5.41) is 17.3. The van der Waals surface area contributed by atoms with Gasteiger partial charge in [0.25, 0.3) is 5.69 Å². The van der Waals surface area contributed by atoms with Crippen molar-refractivity contribution in [3.63, 3.8) is 0 Å². The maximum atomic E-state index is 13.2. The van der Waals surface area contributed by atoms with Gasteiger partial charge in [-0.25, -0.2) is 13.4 Å². The third-order valence-corrected chi connectivity index (χ3v) is 9.37. The van der Waals surface area contributed by atoms with Crippen LogP contribution in [0.1, 0.15) is 24.0 Å². The molecule has 0 radical (unpaired) electrons. The summed E-state index contributed by atoms with van der Waals surface area (Å²) >= 11 is 1.37. The zero-order valence-corrected chi connectivity index (χ0v) is 22.6. The summed E-state index contributed by atoms with van der Waals surface area (Å²) in [7, 11) is -3.55. The van der Waals surface area contributed by atoms with Gasteiger partial charge in [0.2, 0.25) is 15.2 Å². The number of sulfonamides is 1. The number of thiazole rings is 1. The molecule has 0 spiro atoms. The zero-order chi connectivity index (χ0) is 27.2. The average molecular weight is 562 g/mol. The molecule has 1 saturated heterocycles. The van der Waals surface area contributed by atoms with Gasteiger partial charge in [-0.1, -0.05) is 42.5 Å². The lowest BCUT2D eigenvalue weighted by molar-refractivity contribution is -0.384. The topological polar surface area (TPSA) is 118 Å². The Bertz CT molecular complexity index is 1550. The van der Waals surface area contributed by atoms with E-state index in [9.17, 15) is 18.5 Å². The number of hydrogen-bond donors (Lipinski definition) is 1. The molecule has 5 rings (SSSR count). The Kier molecular flexibility index (Phi) is 8.10. The largest absolute Gasteiger partial charge is 0.269 e. The van der Waals surface area contributed by atoms with Crippen LogP contribution in [0.2, 0.25) is 0 Å². The van der Waals surface area contributed by atoms with Gasteiger partial charge in [0, 0.05) is 36.2 Å². The molecule has 0 amide bonds. The first-order valence-corrected chi connectivity index (χ1v) is 14.8. The molecular weight excluding hydrogens is 534 g/mol. The number of rotatable bonds is 9. The number of benzene rings is 3. The standard InChI is InChI=1S/C28H27N5O4S2/c34-33(35)25-10-6-23(7-11-25)19-29-31-28-30-27(20-38-28)24-8-12-26(13-9-24)39(36,37)32-16-14-22(15-17-32)18-21-4-2-1-3-5-21/h1-13,19-20,22H,14-18H2,(H,30,31)/b29-19+. The van der Waals surface area contributed by atoms with E-state index in [1.165, 1.54) is 29.0 Å². The number of nitrogens with one attached hydrogen (secondary N) is 1. The molecule has 4 aromatic rings. The van der Waals surface area contributed by atoms with Crippen LogP contribution in [-0.4, -0.2) is 41.9 Å². The van der Waals surface area contributed by atoms with Crippen LogP contribution in [0.5, 0.6) is 0 Å². The number of aromatic nitrogens is 1. The van der Waals surface area contributed by atoms with Crippen LogP contribution < -0.4 is 5.43 Å². The van der Waals surface area contributed by atoms with Gasteiger partial charge in [0.15, 0.2) is 0 Å². The fourth-order valence-corrected chi connectivity index (χ4v) is 6.69. The van der Waals surface area contributed by atoms with E-state index in [-0.39, 0.29) is 10.6 Å². The van der Waals surface area contributed by atoms with Crippen molar-refractivity contribution in [1.82, 2.24) is 9.29 Å². The van der Waals surface area contributed by atoms with Gasteiger partial charge in [0.1, 0.15) is 0 Å². The van der Waals surface area contributed by atoms with Crippen LogP contribution in [0.25, 0.3) is 11.3 Å². The second-order valence-electron chi connectivity index (χ2n) is 9.32. The molecule has 1 aromatic heterocycles. The number of nitrogens with zero attached hydrogens (tertiary/aromatic N) is 4. The van der Waals surface area contributed by atoms with E-state index in [0.717, 1.165) is 24.8 Å². The number of hydrazone groups is 1. The maximum Gasteiger partial charge on any atom is 0.269 e. The second kappa shape index (κ2) is 11.9. The highest BCUT2D eigenvalue weighted by atomic mass is 32.2. The lowest BCUT2D eigenvalue weighted by Gasteiger charge is -2.31. The summed E-state index contributed by atoms with van der Waals surface area (Å²) in [6, 6.07) is 23.2. The minimum absolute atomic E-state index is 0.0203. The van der Waals surface area contributed by atoms with Gasteiger partial charge in [-0.05, 0) is 60.6 Å². The van der Waals surface area contributed by atoms with E-state index in [1.807, 2.05) is 23.6 Å². The van der Waals surface area contributed by atoms with Crippen molar-refractivity contribution in [2.75, 3.05) is 18.5 Å². The van der Waals surface area contributed by atoms with Crippen molar-refractivity contribution >= 4 is 38.4 Å². The number of hydrogen-bond acceptors (Lipinski definition) is 8. The molecule has 11 heteroatoms. The van der Waals surface area contributed by atoms with Crippen molar-refractivity contribution in [1.29, 1.82) is 0 Å². The summed E-state index contributed by atoms with van der Waals surface area (Å²) in [5.74, 6) is 0.493. The van der Waals surface area contributed by atoms with E-state index < -0.39 is 14.9 Å². The molecule has 9 nitrogen and oxygen atoms in total. The Morgan fingerprint density at radius 1 is 1.03 bits per heavy atom. The summed E-state index contributed by atoms with van der Waals surface area (Å²) in [5.41, 5.74) is 6.40. The van der Waals surface area contributed by atoms with E-state index in [1.54, 1.807) is 46.9 Å². The van der Waals surface area contributed by atoms with Crippen molar-refractivity contribution in [2.24, 2.45) is 11.0 Å². The number of non-ortho nitro benzene ring substituents is 1. The molecule has 1 aliphatic heterocycles. The number of nitro groups is 1. The molecular formula is C28H27N5O4S2. The smallest absolute Gasteiger partial charge is 0.258 e. The molecule has 200 valence electrons. The fraction of sp³-hybridized carbons (Fsp3) is 0.214. The van der Waals surface area contributed by atoms with Gasteiger partial charge in [-0.3, -0.25) is 15.5 Å². The molecule has 1 fully saturated rings. The summed E-state index contributed by atoms with van der Waals surface area (Å²) in [6.07, 6.45) is 4.24. The number of nitro benzene ring substituents is 1. The summed E-state index contributed by atoms with van der Waals surface area (Å²) in [6.45, 7) is 1.06. The monoisotopic (exact) mass is 561 g/mol. The third kappa shape index (κ3) is 6.56. The first-order valence-electron chi connectivity index (χ1n) is 12.5. The number of anilines is 1. The van der Waals surface area contributed by atoms with Crippen molar-refractivity contribution < 1.29 is 13.3 Å². The van der Waals surface area contributed by atoms with Gasteiger partial charge < -0.3 is 0 Å². The van der Waals surface area contributed by atoms with E-state index in [0.29, 0.717) is 35.4 Å². The zero-order valence-electron chi connectivity index (χ0n) is 21.0.